The Hall–Kier alpha value is -5.26. The lowest BCUT2D eigenvalue weighted by Gasteiger charge is -2.37. The molecule has 1 amide bonds. The number of aliphatic hydroxyl groups excluding tert-OH is 2. The van der Waals surface area contributed by atoms with Crippen LogP contribution in [0.5, 0.6) is 0 Å². The average Bonchev–Trinajstić information content (AvgIpc) is 3.67. The van der Waals surface area contributed by atoms with Crippen LogP contribution in [0.15, 0.2) is 116 Å². The number of aliphatic hydroxyl groups is 2. The third kappa shape index (κ3) is 6.11. The molecule has 49 heavy (non-hydrogen) atoms. The number of ether oxygens (including phenoxy) is 2. The summed E-state index contributed by atoms with van der Waals surface area (Å²) in [4.78, 5) is 25.9. The highest BCUT2D eigenvalue weighted by molar-refractivity contribution is 6.06. The van der Waals surface area contributed by atoms with Gasteiger partial charge in [0, 0.05) is 5.56 Å². The van der Waals surface area contributed by atoms with E-state index in [-0.39, 0.29) is 18.3 Å². The Morgan fingerprint density at radius 3 is 1.88 bits per heavy atom. The van der Waals surface area contributed by atoms with Crippen molar-refractivity contribution in [2.75, 3.05) is 11.9 Å². The second kappa shape index (κ2) is 13.3. The monoisotopic (exact) mass is 655 g/mol. The molecule has 4 atom stereocenters. The number of aryl methyl sites for hydroxylation is 3. The Morgan fingerprint density at radius 2 is 1.33 bits per heavy atom. The van der Waals surface area contributed by atoms with Crippen LogP contribution >= 0.6 is 0 Å². The van der Waals surface area contributed by atoms with E-state index in [1.165, 1.54) is 17.2 Å². The Balaban J connectivity index is 1.20. The molecule has 1 aliphatic rings. The van der Waals surface area contributed by atoms with E-state index in [9.17, 15) is 15.0 Å². The van der Waals surface area contributed by atoms with Gasteiger partial charge in [-0.2, -0.15) is 0 Å². The predicted octanol–water partition coefficient (Wildman–Crippen LogP) is 5.63. The van der Waals surface area contributed by atoms with Gasteiger partial charge in [-0.15, -0.1) is 0 Å². The molecule has 3 heterocycles. The Labute approximate surface area is 284 Å². The smallest absolute Gasteiger partial charge is 0.256 e. The van der Waals surface area contributed by atoms with Gasteiger partial charge in [0.15, 0.2) is 23.2 Å². The molecule has 3 N–H and O–H groups in total. The van der Waals surface area contributed by atoms with Crippen LogP contribution < -0.4 is 5.32 Å². The van der Waals surface area contributed by atoms with Gasteiger partial charge in [0.2, 0.25) is 0 Å². The summed E-state index contributed by atoms with van der Waals surface area (Å²) in [7, 11) is 0. The van der Waals surface area contributed by atoms with Crippen molar-refractivity contribution in [1.29, 1.82) is 0 Å². The molecule has 6 aromatic rings. The molecule has 0 aliphatic carbocycles. The second-order valence-electron chi connectivity index (χ2n) is 12.5. The number of nitrogens with zero attached hydrogens (tertiary/aromatic N) is 4. The summed E-state index contributed by atoms with van der Waals surface area (Å²) in [5, 5.41) is 25.4. The minimum Gasteiger partial charge on any atom is -0.387 e. The van der Waals surface area contributed by atoms with Crippen molar-refractivity contribution in [2.24, 2.45) is 0 Å². The number of aromatic nitrogens is 4. The number of hydrogen-bond acceptors (Lipinski definition) is 8. The summed E-state index contributed by atoms with van der Waals surface area (Å²) in [5.74, 6) is -0.135. The number of benzene rings is 4. The number of rotatable bonds is 9. The van der Waals surface area contributed by atoms with E-state index in [0.29, 0.717) is 16.7 Å². The number of anilines is 1. The van der Waals surface area contributed by atoms with Gasteiger partial charge in [0.25, 0.3) is 5.91 Å². The third-order valence-corrected chi connectivity index (χ3v) is 9.08. The zero-order chi connectivity index (χ0) is 34.1. The topological polar surface area (TPSA) is 132 Å². The summed E-state index contributed by atoms with van der Waals surface area (Å²) in [5.41, 5.74) is 6.14. The molecule has 10 nitrogen and oxygen atoms in total. The number of nitrogens with one attached hydrogen (secondary N) is 1. The zero-order valence-electron chi connectivity index (χ0n) is 27.4. The highest BCUT2D eigenvalue weighted by Gasteiger charge is 2.47. The molecule has 0 spiro atoms. The molecule has 7 rings (SSSR count). The van der Waals surface area contributed by atoms with Crippen LogP contribution in [0.1, 0.15) is 50.0 Å². The van der Waals surface area contributed by atoms with Gasteiger partial charge in [0.1, 0.15) is 30.2 Å². The lowest BCUT2D eigenvalue weighted by atomic mass is 9.79. The number of amides is 1. The van der Waals surface area contributed by atoms with Gasteiger partial charge in [0.05, 0.1) is 12.9 Å². The fraction of sp³-hybridized carbons (Fsp3) is 0.231. The van der Waals surface area contributed by atoms with E-state index < -0.39 is 30.1 Å². The Kier molecular flexibility index (Phi) is 8.79. The zero-order valence-corrected chi connectivity index (χ0v) is 27.4. The molecule has 0 saturated carbocycles. The van der Waals surface area contributed by atoms with Crippen LogP contribution in [-0.4, -0.2) is 60.6 Å². The van der Waals surface area contributed by atoms with Gasteiger partial charge in [-0.1, -0.05) is 108 Å². The van der Waals surface area contributed by atoms with Crippen LogP contribution in [0.25, 0.3) is 11.2 Å². The van der Waals surface area contributed by atoms with Gasteiger partial charge in [-0.25, -0.2) is 15.0 Å². The highest BCUT2D eigenvalue weighted by Crippen LogP contribution is 2.42. The van der Waals surface area contributed by atoms with E-state index in [2.05, 4.69) is 93.1 Å². The summed E-state index contributed by atoms with van der Waals surface area (Å²) in [6.07, 6.45) is -1.79. The van der Waals surface area contributed by atoms with Crippen molar-refractivity contribution in [3.63, 3.8) is 0 Å². The first-order chi connectivity index (χ1) is 23.7. The van der Waals surface area contributed by atoms with Crippen LogP contribution in [0.4, 0.5) is 5.82 Å². The standard InChI is InChI=1S/C39H37N5O5/c1-24-9-15-28(16-10-24)39(29-17-11-25(2)12-18-29,30-19-13-26(3)14-20-30)48-21-31-33(45)34(46)38(49-31)44-23-42-32-35(40-22-41-36(32)44)43-37(47)27-7-5-4-6-8-27/h4-20,22-23,31,33-34,38,45-46H,21H2,1-3H3,(H,40,41,43,47). The third-order valence-electron chi connectivity index (χ3n) is 9.08. The molecule has 248 valence electrons. The molecule has 2 aromatic heterocycles. The number of imidazole rings is 1. The molecule has 0 radical (unpaired) electrons. The largest absolute Gasteiger partial charge is 0.387 e. The number of fused-ring (bicyclic) bond motifs is 1. The SMILES string of the molecule is Cc1ccc(C(OCC2OC(n3cnc4c(NC(=O)c5ccccc5)ncnc43)C(O)C2O)(c2ccc(C)cc2)c2ccc(C)cc2)cc1. The molecular formula is C39H37N5O5. The number of hydrogen-bond donors (Lipinski definition) is 3. The first kappa shape index (κ1) is 32.3. The van der Waals surface area contributed by atoms with Crippen molar-refractivity contribution in [1.82, 2.24) is 19.5 Å². The van der Waals surface area contributed by atoms with E-state index >= 15 is 0 Å². The summed E-state index contributed by atoms with van der Waals surface area (Å²) < 4.78 is 14.9. The molecule has 1 aliphatic heterocycles. The fourth-order valence-electron chi connectivity index (χ4n) is 6.32. The van der Waals surface area contributed by atoms with E-state index in [0.717, 1.165) is 33.4 Å². The first-order valence-electron chi connectivity index (χ1n) is 16.2. The summed E-state index contributed by atoms with van der Waals surface area (Å²) >= 11 is 0. The maximum Gasteiger partial charge on any atom is 0.256 e. The molecule has 0 bridgehead atoms. The quantitative estimate of drug-likeness (QED) is 0.171. The van der Waals surface area contributed by atoms with Gasteiger partial charge < -0.3 is 25.0 Å². The predicted molar refractivity (Wildman–Crippen MR) is 185 cm³/mol. The molecule has 10 heteroatoms. The Bertz CT molecular complexity index is 1950. The van der Waals surface area contributed by atoms with Crippen molar-refractivity contribution >= 4 is 22.9 Å². The summed E-state index contributed by atoms with van der Waals surface area (Å²) in [6.45, 7) is 6.07. The van der Waals surface area contributed by atoms with Crippen LogP contribution in [0, 0.1) is 20.8 Å². The highest BCUT2D eigenvalue weighted by atomic mass is 16.6. The van der Waals surface area contributed by atoms with E-state index in [1.807, 2.05) is 26.8 Å². The summed E-state index contributed by atoms with van der Waals surface area (Å²) in [6, 6.07) is 33.5. The average molecular weight is 656 g/mol. The lowest BCUT2D eigenvalue weighted by molar-refractivity contribution is -0.0942. The normalized spacial score (nSPS) is 19.3. The van der Waals surface area contributed by atoms with Gasteiger partial charge in [-0.3, -0.25) is 9.36 Å². The molecule has 1 saturated heterocycles. The second-order valence-corrected chi connectivity index (χ2v) is 12.5. The van der Waals surface area contributed by atoms with Gasteiger partial charge >= 0.3 is 0 Å². The lowest BCUT2D eigenvalue weighted by Crippen LogP contribution is -2.39. The number of carbonyl (C=O) groups excluding carboxylic acids is 1. The molecule has 4 unspecified atom stereocenters. The maximum atomic E-state index is 12.9. The van der Waals surface area contributed by atoms with E-state index in [4.69, 9.17) is 9.47 Å². The molecule has 4 aromatic carbocycles. The minimum atomic E-state index is -1.32. The Morgan fingerprint density at radius 1 is 0.776 bits per heavy atom. The van der Waals surface area contributed by atoms with Gasteiger partial charge in [-0.05, 0) is 49.6 Å². The van der Waals surface area contributed by atoms with Crippen LogP contribution in [0.2, 0.25) is 0 Å². The van der Waals surface area contributed by atoms with Crippen LogP contribution in [-0.2, 0) is 15.1 Å². The molecule has 1 fully saturated rings. The van der Waals surface area contributed by atoms with E-state index in [1.54, 1.807) is 24.3 Å². The van der Waals surface area contributed by atoms with Crippen molar-refractivity contribution in [2.45, 2.75) is 50.9 Å². The number of carbonyl (C=O) groups is 1. The fourth-order valence-corrected chi connectivity index (χ4v) is 6.32. The van der Waals surface area contributed by atoms with Crippen LogP contribution in [0.3, 0.4) is 0 Å². The van der Waals surface area contributed by atoms with Crippen molar-refractivity contribution in [3.8, 4) is 0 Å². The first-order valence-corrected chi connectivity index (χ1v) is 16.2. The van der Waals surface area contributed by atoms with Crippen molar-refractivity contribution < 1.29 is 24.5 Å². The molecular weight excluding hydrogens is 618 g/mol. The maximum absolute atomic E-state index is 12.9. The van der Waals surface area contributed by atoms with Crippen molar-refractivity contribution in [3.05, 3.63) is 155 Å². The minimum absolute atomic E-state index is 0.0512.